The van der Waals surface area contributed by atoms with Gasteiger partial charge in [-0.25, -0.2) is 0 Å². The molecule has 0 spiro atoms. The number of nitrogens with zero attached hydrogens (tertiary/aromatic N) is 3. The van der Waals surface area contributed by atoms with Crippen molar-refractivity contribution in [2.75, 3.05) is 7.11 Å². The van der Waals surface area contributed by atoms with Crippen LogP contribution in [0.3, 0.4) is 0 Å². The van der Waals surface area contributed by atoms with Crippen molar-refractivity contribution in [3.8, 4) is 22.9 Å². The first-order valence-corrected chi connectivity index (χ1v) is 9.31. The molecule has 0 radical (unpaired) electrons. The molecule has 0 aliphatic carbocycles. The van der Waals surface area contributed by atoms with Crippen molar-refractivity contribution in [1.29, 1.82) is 0 Å². The molecule has 2 heterocycles. The van der Waals surface area contributed by atoms with E-state index in [0.717, 1.165) is 5.56 Å². The normalized spacial score (nSPS) is 10.6. The molecule has 0 aliphatic heterocycles. The third-order valence-corrected chi connectivity index (χ3v) is 4.45. The molecule has 0 aliphatic rings. The van der Waals surface area contributed by atoms with E-state index in [9.17, 15) is 4.79 Å². The number of aryl methyl sites for hydroxylation is 1. The number of hydrogen-bond acceptors (Lipinski definition) is 7. The highest BCUT2D eigenvalue weighted by Gasteiger charge is 2.23. The van der Waals surface area contributed by atoms with Crippen LogP contribution in [-0.2, 0) is 6.61 Å². The van der Waals surface area contributed by atoms with Crippen molar-refractivity contribution < 1.29 is 18.8 Å². The third kappa shape index (κ3) is 4.05. The zero-order valence-corrected chi connectivity index (χ0v) is 16.5. The van der Waals surface area contributed by atoms with Crippen LogP contribution >= 0.6 is 0 Å². The van der Waals surface area contributed by atoms with E-state index in [0.29, 0.717) is 46.6 Å². The minimum absolute atomic E-state index is 0.278. The predicted molar refractivity (Wildman–Crippen MR) is 109 cm³/mol. The van der Waals surface area contributed by atoms with E-state index in [1.165, 1.54) is 7.11 Å². The van der Waals surface area contributed by atoms with Gasteiger partial charge in [-0.05, 0) is 29.8 Å². The lowest BCUT2D eigenvalue weighted by Crippen LogP contribution is -2.08. The van der Waals surface area contributed by atoms with E-state index in [2.05, 4.69) is 15.1 Å². The second-order valence-corrected chi connectivity index (χ2v) is 6.50. The Morgan fingerprint density at radius 2 is 1.83 bits per heavy atom. The molecule has 4 rings (SSSR count). The molecule has 0 bridgehead atoms. The van der Waals surface area contributed by atoms with Crippen molar-refractivity contribution >= 4 is 5.78 Å². The molecule has 0 unspecified atom stereocenters. The van der Waals surface area contributed by atoms with Crippen LogP contribution in [0.15, 0.2) is 71.4 Å². The number of aromatic nitrogens is 3. The molecular formula is C23H19N3O4. The molecule has 7 nitrogen and oxygen atoms in total. The summed E-state index contributed by atoms with van der Waals surface area (Å²) < 4.78 is 16.6. The van der Waals surface area contributed by atoms with Gasteiger partial charge in [0, 0.05) is 24.2 Å². The first-order chi connectivity index (χ1) is 14.7. The summed E-state index contributed by atoms with van der Waals surface area (Å²) in [4.78, 5) is 21.7. The molecule has 0 saturated heterocycles. The molecule has 2 aromatic carbocycles. The Balaban J connectivity index is 1.78. The van der Waals surface area contributed by atoms with Gasteiger partial charge in [0.05, 0.1) is 7.11 Å². The lowest BCUT2D eigenvalue weighted by Gasteiger charge is -2.14. The van der Waals surface area contributed by atoms with Crippen molar-refractivity contribution in [2.24, 2.45) is 0 Å². The number of hydrogen-bond donors (Lipinski definition) is 0. The van der Waals surface area contributed by atoms with E-state index in [-0.39, 0.29) is 5.78 Å². The summed E-state index contributed by atoms with van der Waals surface area (Å²) in [5.74, 6) is 1.30. The van der Waals surface area contributed by atoms with Gasteiger partial charge in [0.1, 0.15) is 12.3 Å². The summed E-state index contributed by atoms with van der Waals surface area (Å²) >= 11 is 0. The zero-order chi connectivity index (χ0) is 20.9. The van der Waals surface area contributed by atoms with Gasteiger partial charge >= 0.3 is 0 Å². The number of rotatable bonds is 7. The number of pyridine rings is 1. The highest BCUT2D eigenvalue weighted by Crippen LogP contribution is 2.36. The van der Waals surface area contributed by atoms with Crippen LogP contribution in [0.1, 0.15) is 27.5 Å². The fraction of sp³-hybridized carbons (Fsp3) is 0.130. The zero-order valence-electron chi connectivity index (χ0n) is 16.5. The maximum absolute atomic E-state index is 13.2. The average Bonchev–Trinajstić information content (AvgIpc) is 3.24. The first-order valence-electron chi connectivity index (χ1n) is 9.31. The second kappa shape index (κ2) is 8.57. The minimum Gasteiger partial charge on any atom is -0.493 e. The van der Waals surface area contributed by atoms with Crippen molar-refractivity contribution in [2.45, 2.75) is 13.5 Å². The van der Waals surface area contributed by atoms with Crippen LogP contribution in [0.4, 0.5) is 0 Å². The summed E-state index contributed by atoms with van der Waals surface area (Å²) in [5.41, 5.74) is 2.12. The van der Waals surface area contributed by atoms with Gasteiger partial charge < -0.3 is 14.0 Å². The topological polar surface area (TPSA) is 87.3 Å². The lowest BCUT2D eigenvalue weighted by molar-refractivity contribution is 0.103. The first kappa shape index (κ1) is 19.3. The third-order valence-electron chi connectivity index (χ3n) is 4.45. The largest absolute Gasteiger partial charge is 0.493 e. The Kier molecular flexibility index (Phi) is 5.52. The molecule has 0 N–H and O–H groups in total. The molecule has 4 aromatic rings. The number of methoxy groups -OCH3 is 1. The van der Waals surface area contributed by atoms with Crippen LogP contribution in [-0.4, -0.2) is 28.0 Å². The molecular weight excluding hydrogens is 382 g/mol. The quantitative estimate of drug-likeness (QED) is 0.428. The molecule has 7 heteroatoms. The number of carbonyl (C=O) groups excluding carboxylic acids is 1. The molecule has 0 atom stereocenters. The number of ether oxygens (including phenoxy) is 2. The Morgan fingerprint density at radius 3 is 2.50 bits per heavy atom. The number of carbonyl (C=O) groups is 1. The van der Waals surface area contributed by atoms with E-state index < -0.39 is 0 Å². The van der Waals surface area contributed by atoms with E-state index in [4.69, 9.17) is 14.0 Å². The summed E-state index contributed by atoms with van der Waals surface area (Å²) in [5, 5.41) is 3.97. The van der Waals surface area contributed by atoms with Crippen molar-refractivity contribution in [3.05, 3.63) is 89.6 Å². The highest BCUT2D eigenvalue weighted by atomic mass is 16.5. The number of ketones is 1. The van der Waals surface area contributed by atoms with Gasteiger partial charge in [-0.1, -0.05) is 41.6 Å². The molecule has 150 valence electrons. The van der Waals surface area contributed by atoms with Crippen molar-refractivity contribution in [3.63, 3.8) is 0 Å². The lowest BCUT2D eigenvalue weighted by atomic mass is 9.99. The van der Waals surface area contributed by atoms with Gasteiger partial charge in [-0.2, -0.15) is 4.98 Å². The Morgan fingerprint density at radius 1 is 1.03 bits per heavy atom. The Bertz CT molecular complexity index is 1160. The maximum atomic E-state index is 13.2. The molecule has 0 amide bonds. The standard InChI is InChI=1S/C23H19N3O4/c1-15-25-23(26-30-15)18-13-20(28-2)21(29-14-16-8-4-3-5-9-16)12-17(18)22(27)19-10-6-7-11-24-19/h3-13H,14H2,1-2H3. The SMILES string of the molecule is COc1cc(-c2noc(C)n2)c(C(=O)c2ccccn2)cc1OCc1ccccc1. The van der Waals surface area contributed by atoms with Crippen LogP contribution < -0.4 is 9.47 Å². The molecule has 0 fully saturated rings. The van der Waals surface area contributed by atoms with E-state index in [1.807, 2.05) is 30.3 Å². The van der Waals surface area contributed by atoms with Crippen LogP contribution in [0.25, 0.3) is 11.4 Å². The summed E-state index contributed by atoms with van der Waals surface area (Å²) in [7, 11) is 1.54. The summed E-state index contributed by atoms with van der Waals surface area (Å²) in [6.07, 6.45) is 1.57. The van der Waals surface area contributed by atoms with Gasteiger partial charge in [0.25, 0.3) is 0 Å². The second-order valence-electron chi connectivity index (χ2n) is 6.50. The van der Waals surface area contributed by atoms with E-state index >= 15 is 0 Å². The predicted octanol–water partition coefficient (Wildman–Crippen LogP) is 4.26. The fourth-order valence-electron chi connectivity index (χ4n) is 2.98. The van der Waals surface area contributed by atoms with E-state index in [1.54, 1.807) is 43.5 Å². The van der Waals surface area contributed by atoms with Gasteiger partial charge in [-0.3, -0.25) is 9.78 Å². The molecule has 30 heavy (non-hydrogen) atoms. The Labute approximate surface area is 173 Å². The van der Waals surface area contributed by atoms with Crippen LogP contribution in [0.2, 0.25) is 0 Å². The van der Waals surface area contributed by atoms with Crippen molar-refractivity contribution in [1.82, 2.24) is 15.1 Å². The Hall–Kier alpha value is -4.00. The van der Waals surface area contributed by atoms with Crippen LogP contribution in [0.5, 0.6) is 11.5 Å². The van der Waals surface area contributed by atoms with Crippen LogP contribution in [0, 0.1) is 6.92 Å². The average molecular weight is 401 g/mol. The monoisotopic (exact) mass is 401 g/mol. The number of benzene rings is 2. The van der Waals surface area contributed by atoms with Gasteiger partial charge in [0.2, 0.25) is 17.5 Å². The summed E-state index contributed by atoms with van der Waals surface area (Å²) in [6.45, 7) is 2.01. The smallest absolute Gasteiger partial charge is 0.223 e. The molecule has 2 aromatic heterocycles. The maximum Gasteiger partial charge on any atom is 0.223 e. The highest BCUT2D eigenvalue weighted by molar-refractivity contribution is 6.11. The minimum atomic E-state index is -0.278. The summed E-state index contributed by atoms with van der Waals surface area (Å²) in [6, 6.07) is 18.2. The van der Waals surface area contributed by atoms with Gasteiger partial charge in [0.15, 0.2) is 11.5 Å². The molecule has 0 saturated carbocycles. The fourth-order valence-corrected chi connectivity index (χ4v) is 2.98. The van der Waals surface area contributed by atoms with Gasteiger partial charge in [-0.15, -0.1) is 0 Å².